The number of amides is 1. The van der Waals surface area contributed by atoms with Gasteiger partial charge in [-0.3, -0.25) is 9.48 Å². The van der Waals surface area contributed by atoms with Crippen LogP contribution in [0.25, 0.3) is 11.3 Å². The Labute approximate surface area is 164 Å². The largest absolute Gasteiger partial charge is 0.334 e. The summed E-state index contributed by atoms with van der Waals surface area (Å²) >= 11 is 0. The Hall–Kier alpha value is -2.89. The molecule has 0 radical (unpaired) electrons. The molecule has 2 aliphatic rings. The molecular formula is C22H25N5O. The van der Waals surface area contributed by atoms with E-state index in [0.717, 1.165) is 66.9 Å². The number of anilines is 1. The standard InChI is InChI=1S/C22H25N5O/c1-26-21(17-6-2-3-7-18(17)25-26)22(28)23-16-11-9-15(10-12-16)19-14-27-13-5-4-8-20(27)24-19/h9-12,14H,2-8,13H2,1H3,(H,23,28). The number of aryl methyl sites for hydroxylation is 4. The summed E-state index contributed by atoms with van der Waals surface area (Å²) in [5, 5.41) is 7.58. The highest BCUT2D eigenvalue weighted by Gasteiger charge is 2.24. The maximum absolute atomic E-state index is 12.9. The third-order valence-electron chi connectivity index (χ3n) is 5.88. The van der Waals surface area contributed by atoms with E-state index in [2.05, 4.69) is 21.2 Å². The molecule has 6 heteroatoms. The lowest BCUT2D eigenvalue weighted by Crippen LogP contribution is -2.18. The lowest BCUT2D eigenvalue weighted by Gasteiger charge is -2.11. The van der Waals surface area contributed by atoms with Crippen LogP contribution in [-0.4, -0.2) is 25.2 Å². The molecule has 3 heterocycles. The summed E-state index contributed by atoms with van der Waals surface area (Å²) in [5.74, 6) is 1.10. The number of benzene rings is 1. The van der Waals surface area contributed by atoms with Gasteiger partial charge in [0.25, 0.3) is 5.91 Å². The van der Waals surface area contributed by atoms with Crippen molar-refractivity contribution >= 4 is 11.6 Å². The SMILES string of the molecule is Cn1nc2c(c1C(=O)Nc1ccc(-c3cn4c(n3)CCCC4)cc1)CCCC2. The van der Waals surface area contributed by atoms with Crippen molar-refractivity contribution in [3.8, 4) is 11.3 Å². The van der Waals surface area contributed by atoms with Crippen molar-refractivity contribution < 1.29 is 4.79 Å². The lowest BCUT2D eigenvalue weighted by molar-refractivity contribution is 0.101. The quantitative estimate of drug-likeness (QED) is 0.758. The summed E-state index contributed by atoms with van der Waals surface area (Å²) in [6, 6.07) is 7.97. The molecule has 1 aliphatic heterocycles. The molecule has 5 rings (SSSR count). The Morgan fingerprint density at radius 2 is 1.82 bits per heavy atom. The normalized spacial score (nSPS) is 15.8. The summed E-state index contributed by atoms with van der Waals surface area (Å²) in [4.78, 5) is 17.6. The summed E-state index contributed by atoms with van der Waals surface area (Å²) < 4.78 is 4.00. The zero-order valence-electron chi connectivity index (χ0n) is 16.2. The monoisotopic (exact) mass is 375 g/mol. The van der Waals surface area contributed by atoms with Crippen molar-refractivity contribution in [2.24, 2.45) is 7.05 Å². The predicted molar refractivity (Wildman–Crippen MR) is 108 cm³/mol. The zero-order valence-corrected chi connectivity index (χ0v) is 16.2. The fraction of sp³-hybridized carbons (Fsp3) is 0.409. The van der Waals surface area contributed by atoms with Crippen molar-refractivity contribution in [3.05, 3.63) is 53.2 Å². The molecule has 1 amide bonds. The smallest absolute Gasteiger partial charge is 0.274 e. The molecule has 3 aromatic rings. The van der Waals surface area contributed by atoms with Crippen LogP contribution < -0.4 is 5.32 Å². The first-order valence-corrected chi connectivity index (χ1v) is 10.2. The number of hydrogen-bond donors (Lipinski definition) is 1. The highest BCUT2D eigenvalue weighted by Crippen LogP contribution is 2.26. The predicted octanol–water partition coefficient (Wildman–Crippen LogP) is 3.75. The van der Waals surface area contributed by atoms with Crippen LogP contribution in [0.4, 0.5) is 5.69 Å². The van der Waals surface area contributed by atoms with E-state index in [-0.39, 0.29) is 5.91 Å². The molecule has 6 nitrogen and oxygen atoms in total. The first-order valence-electron chi connectivity index (χ1n) is 10.2. The minimum atomic E-state index is -0.0802. The number of nitrogens with zero attached hydrogens (tertiary/aromatic N) is 4. The van der Waals surface area contributed by atoms with Gasteiger partial charge in [-0.05, 0) is 50.7 Å². The first-order chi connectivity index (χ1) is 13.7. The minimum absolute atomic E-state index is 0.0802. The van der Waals surface area contributed by atoms with Gasteiger partial charge in [-0.25, -0.2) is 4.98 Å². The van der Waals surface area contributed by atoms with Gasteiger partial charge in [0, 0.05) is 43.0 Å². The first kappa shape index (κ1) is 17.2. The van der Waals surface area contributed by atoms with E-state index < -0.39 is 0 Å². The van der Waals surface area contributed by atoms with E-state index in [1.54, 1.807) is 4.68 Å². The second-order valence-corrected chi connectivity index (χ2v) is 7.83. The number of hydrogen-bond acceptors (Lipinski definition) is 3. The van der Waals surface area contributed by atoms with Crippen LogP contribution in [0.3, 0.4) is 0 Å². The average Bonchev–Trinajstić information content (AvgIpc) is 3.28. The summed E-state index contributed by atoms with van der Waals surface area (Å²) in [5.41, 5.74) is 5.78. The molecule has 0 spiro atoms. The number of nitrogens with one attached hydrogen (secondary N) is 1. The molecule has 0 fully saturated rings. The van der Waals surface area contributed by atoms with Crippen LogP contribution >= 0.6 is 0 Å². The second kappa shape index (κ2) is 6.93. The summed E-state index contributed by atoms with van der Waals surface area (Å²) in [6.45, 7) is 1.06. The van der Waals surface area contributed by atoms with Gasteiger partial charge in [0.2, 0.25) is 0 Å². The van der Waals surface area contributed by atoms with Gasteiger partial charge in [-0.1, -0.05) is 12.1 Å². The fourth-order valence-electron chi connectivity index (χ4n) is 4.43. The molecule has 0 bridgehead atoms. The molecule has 28 heavy (non-hydrogen) atoms. The van der Waals surface area contributed by atoms with Crippen LogP contribution in [0.2, 0.25) is 0 Å². The molecule has 0 saturated carbocycles. The Balaban J connectivity index is 1.35. The van der Waals surface area contributed by atoms with Gasteiger partial charge in [0.05, 0.1) is 11.4 Å². The number of aromatic nitrogens is 4. The molecular weight excluding hydrogens is 350 g/mol. The van der Waals surface area contributed by atoms with E-state index in [0.29, 0.717) is 5.69 Å². The summed E-state index contributed by atoms with van der Waals surface area (Å²) in [7, 11) is 1.86. The lowest BCUT2D eigenvalue weighted by atomic mass is 9.95. The van der Waals surface area contributed by atoms with Crippen LogP contribution in [0.15, 0.2) is 30.5 Å². The number of carbonyl (C=O) groups excluding carboxylic acids is 1. The van der Waals surface area contributed by atoms with Crippen LogP contribution in [0.5, 0.6) is 0 Å². The average molecular weight is 375 g/mol. The van der Waals surface area contributed by atoms with E-state index in [9.17, 15) is 4.79 Å². The molecule has 2 aromatic heterocycles. The number of fused-ring (bicyclic) bond motifs is 2. The van der Waals surface area contributed by atoms with Gasteiger partial charge in [-0.15, -0.1) is 0 Å². The van der Waals surface area contributed by atoms with Crippen molar-refractivity contribution in [2.75, 3.05) is 5.32 Å². The molecule has 144 valence electrons. The zero-order chi connectivity index (χ0) is 19.1. The van der Waals surface area contributed by atoms with Gasteiger partial charge >= 0.3 is 0 Å². The van der Waals surface area contributed by atoms with Crippen molar-refractivity contribution in [1.29, 1.82) is 0 Å². The Morgan fingerprint density at radius 3 is 2.64 bits per heavy atom. The maximum atomic E-state index is 12.9. The van der Waals surface area contributed by atoms with E-state index in [1.807, 2.05) is 31.3 Å². The molecule has 1 aromatic carbocycles. The molecule has 1 aliphatic carbocycles. The summed E-state index contributed by atoms with van der Waals surface area (Å²) in [6.07, 6.45) is 9.85. The van der Waals surface area contributed by atoms with Gasteiger partial charge in [-0.2, -0.15) is 5.10 Å². The van der Waals surface area contributed by atoms with Crippen LogP contribution in [0.1, 0.15) is 53.3 Å². The van der Waals surface area contributed by atoms with E-state index in [1.165, 1.54) is 18.7 Å². The number of imidazole rings is 1. The van der Waals surface area contributed by atoms with Crippen LogP contribution in [0, 0.1) is 0 Å². The number of rotatable bonds is 3. The van der Waals surface area contributed by atoms with Crippen LogP contribution in [-0.2, 0) is 32.9 Å². The Bertz CT molecular complexity index is 1000. The van der Waals surface area contributed by atoms with Crippen molar-refractivity contribution in [3.63, 3.8) is 0 Å². The molecule has 0 unspecified atom stereocenters. The Kier molecular flexibility index (Phi) is 4.26. The number of carbonyl (C=O) groups is 1. The minimum Gasteiger partial charge on any atom is -0.334 e. The Morgan fingerprint density at radius 1 is 1.04 bits per heavy atom. The highest BCUT2D eigenvalue weighted by molar-refractivity contribution is 6.04. The molecule has 0 atom stereocenters. The molecule has 1 N–H and O–H groups in total. The molecule has 0 saturated heterocycles. The second-order valence-electron chi connectivity index (χ2n) is 7.83. The highest BCUT2D eigenvalue weighted by atomic mass is 16.2. The van der Waals surface area contributed by atoms with Crippen molar-refractivity contribution in [2.45, 2.75) is 51.5 Å². The van der Waals surface area contributed by atoms with Gasteiger partial charge < -0.3 is 9.88 Å². The third-order valence-corrected chi connectivity index (χ3v) is 5.88. The van der Waals surface area contributed by atoms with Gasteiger partial charge in [0.1, 0.15) is 11.5 Å². The van der Waals surface area contributed by atoms with Crippen molar-refractivity contribution in [1.82, 2.24) is 19.3 Å². The fourth-order valence-corrected chi connectivity index (χ4v) is 4.43. The van der Waals surface area contributed by atoms with E-state index >= 15 is 0 Å². The van der Waals surface area contributed by atoms with Gasteiger partial charge in [0.15, 0.2) is 0 Å². The van der Waals surface area contributed by atoms with E-state index in [4.69, 9.17) is 4.98 Å². The topological polar surface area (TPSA) is 64.7 Å². The third kappa shape index (κ3) is 3.03. The maximum Gasteiger partial charge on any atom is 0.274 e.